The normalized spacial score (nSPS) is 9.89. The van der Waals surface area contributed by atoms with Gasteiger partial charge in [0.25, 0.3) is 0 Å². The molecule has 0 N–H and O–H groups in total. The van der Waals surface area contributed by atoms with Gasteiger partial charge in [-0.2, -0.15) is 0 Å². The molecule has 0 bridgehead atoms. The summed E-state index contributed by atoms with van der Waals surface area (Å²) in [5.74, 6) is 0.418. The molecule has 1 aromatic heterocycles. The van der Waals surface area contributed by atoms with Crippen LogP contribution in [-0.4, -0.2) is 23.0 Å². The van der Waals surface area contributed by atoms with Crippen LogP contribution >= 0.6 is 15.9 Å². The molecule has 0 aliphatic carbocycles. The van der Waals surface area contributed by atoms with Gasteiger partial charge >= 0.3 is 5.97 Å². The largest absolute Gasteiger partial charge is 0.464 e. The summed E-state index contributed by atoms with van der Waals surface area (Å²) >= 11 is 3.33. The fraction of sp³-hybridized carbons (Fsp3) is 0.0833. The van der Waals surface area contributed by atoms with Crippen LogP contribution in [0.3, 0.4) is 0 Å². The van der Waals surface area contributed by atoms with Crippen LogP contribution in [0.4, 0.5) is 0 Å². The molecule has 0 spiro atoms. The number of ether oxygens (including phenoxy) is 2. The minimum absolute atomic E-state index is 0.139. The second-order valence-electron chi connectivity index (χ2n) is 3.29. The average Bonchev–Trinajstić information content (AvgIpc) is 2.41. The Morgan fingerprint density at radius 2 is 1.89 bits per heavy atom. The van der Waals surface area contributed by atoms with Gasteiger partial charge in [-0.15, -0.1) is 0 Å². The first-order valence-corrected chi connectivity index (χ1v) is 5.82. The van der Waals surface area contributed by atoms with Crippen LogP contribution in [0.5, 0.6) is 11.6 Å². The van der Waals surface area contributed by atoms with Gasteiger partial charge in [-0.05, 0) is 24.3 Å². The number of aromatic nitrogens is 2. The highest BCUT2D eigenvalue weighted by molar-refractivity contribution is 9.10. The molecule has 92 valence electrons. The van der Waals surface area contributed by atoms with E-state index in [4.69, 9.17) is 4.74 Å². The Kier molecular flexibility index (Phi) is 3.88. The van der Waals surface area contributed by atoms with Crippen LogP contribution in [0.25, 0.3) is 0 Å². The SMILES string of the molecule is COC(=O)c1cnc(Oc2ccc(Br)cc2)cn1. The zero-order valence-electron chi connectivity index (χ0n) is 9.46. The molecule has 2 rings (SSSR count). The topological polar surface area (TPSA) is 61.3 Å². The quantitative estimate of drug-likeness (QED) is 0.816. The number of carbonyl (C=O) groups is 1. The first-order valence-electron chi connectivity index (χ1n) is 5.03. The Hall–Kier alpha value is -1.95. The minimum atomic E-state index is -0.530. The maximum atomic E-state index is 11.1. The number of nitrogens with zero attached hydrogens (tertiary/aromatic N) is 2. The van der Waals surface area contributed by atoms with Crippen molar-refractivity contribution in [1.29, 1.82) is 0 Å². The van der Waals surface area contributed by atoms with Crippen molar-refractivity contribution in [3.05, 3.63) is 46.8 Å². The summed E-state index contributed by atoms with van der Waals surface area (Å²) in [5, 5.41) is 0. The average molecular weight is 309 g/mol. The number of carbonyl (C=O) groups excluding carboxylic acids is 1. The smallest absolute Gasteiger partial charge is 0.358 e. The molecule has 0 saturated carbocycles. The van der Waals surface area contributed by atoms with E-state index in [1.54, 1.807) is 12.1 Å². The van der Waals surface area contributed by atoms with Gasteiger partial charge in [0.05, 0.1) is 19.5 Å². The van der Waals surface area contributed by atoms with Crippen LogP contribution in [0.15, 0.2) is 41.1 Å². The van der Waals surface area contributed by atoms with Crippen molar-refractivity contribution < 1.29 is 14.3 Å². The molecular weight excluding hydrogens is 300 g/mol. The van der Waals surface area contributed by atoms with Crippen LogP contribution in [0.1, 0.15) is 10.5 Å². The van der Waals surface area contributed by atoms with E-state index < -0.39 is 5.97 Å². The van der Waals surface area contributed by atoms with Crippen molar-refractivity contribution in [2.45, 2.75) is 0 Å². The highest BCUT2D eigenvalue weighted by Crippen LogP contribution is 2.20. The molecule has 1 aromatic carbocycles. The maximum Gasteiger partial charge on any atom is 0.358 e. The fourth-order valence-corrected chi connectivity index (χ4v) is 1.47. The lowest BCUT2D eigenvalue weighted by atomic mass is 10.3. The molecule has 5 nitrogen and oxygen atoms in total. The maximum absolute atomic E-state index is 11.1. The first-order chi connectivity index (χ1) is 8.69. The van der Waals surface area contributed by atoms with Crippen molar-refractivity contribution in [2.75, 3.05) is 7.11 Å². The van der Waals surface area contributed by atoms with Crippen LogP contribution < -0.4 is 4.74 Å². The number of hydrogen-bond donors (Lipinski definition) is 0. The fourth-order valence-electron chi connectivity index (χ4n) is 1.20. The Labute approximate surface area is 112 Å². The third-order valence-corrected chi connectivity index (χ3v) is 2.59. The van der Waals surface area contributed by atoms with Gasteiger partial charge in [-0.1, -0.05) is 15.9 Å². The van der Waals surface area contributed by atoms with Gasteiger partial charge in [0.2, 0.25) is 5.88 Å². The molecule has 0 amide bonds. The Morgan fingerprint density at radius 3 is 2.44 bits per heavy atom. The van der Waals surface area contributed by atoms with E-state index in [2.05, 4.69) is 30.6 Å². The molecule has 0 saturated heterocycles. The molecule has 0 aliphatic rings. The van der Waals surface area contributed by atoms with E-state index in [9.17, 15) is 4.79 Å². The van der Waals surface area contributed by atoms with Crippen LogP contribution in [-0.2, 0) is 4.74 Å². The summed E-state index contributed by atoms with van der Waals surface area (Å²) in [4.78, 5) is 19.0. The zero-order chi connectivity index (χ0) is 13.0. The van der Waals surface area contributed by atoms with E-state index in [1.807, 2.05) is 12.1 Å². The van der Waals surface area contributed by atoms with E-state index in [-0.39, 0.29) is 5.69 Å². The molecule has 0 radical (unpaired) electrons. The summed E-state index contributed by atoms with van der Waals surface area (Å²) in [6, 6.07) is 7.29. The van der Waals surface area contributed by atoms with Crippen molar-refractivity contribution in [3.63, 3.8) is 0 Å². The number of methoxy groups -OCH3 is 1. The molecule has 0 aliphatic heterocycles. The van der Waals surface area contributed by atoms with E-state index in [0.29, 0.717) is 11.6 Å². The molecule has 6 heteroatoms. The summed E-state index contributed by atoms with van der Waals surface area (Å²) in [6.45, 7) is 0. The first kappa shape index (κ1) is 12.5. The lowest BCUT2D eigenvalue weighted by molar-refractivity contribution is 0.0593. The number of esters is 1. The minimum Gasteiger partial charge on any atom is -0.464 e. The van der Waals surface area contributed by atoms with Crippen molar-refractivity contribution >= 4 is 21.9 Å². The summed E-state index contributed by atoms with van der Waals surface area (Å²) < 4.78 is 10.9. The van der Waals surface area contributed by atoms with E-state index >= 15 is 0 Å². The van der Waals surface area contributed by atoms with Gasteiger partial charge in [-0.25, -0.2) is 14.8 Å². The second kappa shape index (κ2) is 5.59. The molecule has 0 fully saturated rings. The third kappa shape index (κ3) is 3.04. The standard InChI is InChI=1S/C12H9BrN2O3/c1-17-12(16)10-6-15-11(7-14-10)18-9-4-2-8(13)3-5-9/h2-7H,1H3. The van der Waals surface area contributed by atoms with Gasteiger partial charge < -0.3 is 9.47 Å². The molecule has 2 aromatic rings. The number of rotatable bonds is 3. The lowest BCUT2D eigenvalue weighted by Crippen LogP contribution is -2.04. The lowest BCUT2D eigenvalue weighted by Gasteiger charge is -2.04. The second-order valence-corrected chi connectivity index (χ2v) is 4.20. The van der Waals surface area contributed by atoms with E-state index in [0.717, 1.165) is 4.47 Å². The van der Waals surface area contributed by atoms with Crippen molar-refractivity contribution in [2.24, 2.45) is 0 Å². The van der Waals surface area contributed by atoms with Gasteiger partial charge in [0, 0.05) is 4.47 Å². The Balaban J connectivity index is 2.10. The molecule has 18 heavy (non-hydrogen) atoms. The third-order valence-electron chi connectivity index (χ3n) is 2.06. The molecule has 0 unspecified atom stereocenters. The molecule has 1 heterocycles. The Bertz CT molecular complexity index is 540. The Morgan fingerprint density at radius 1 is 1.17 bits per heavy atom. The van der Waals surface area contributed by atoms with E-state index in [1.165, 1.54) is 19.5 Å². The molecule has 0 atom stereocenters. The monoisotopic (exact) mass is 308 g/mol. The predicted molar refractivity (Wildman–Crippen MR) is 67.6 cm³/mol. The van der Waals surface area contributed by atoms with Gasteiger partial charge in [0.15, 0.2) is 5.69 Å². The summed E-state index contributed by atoms with van der Waals surface area (Å²) in [6.07, 6.45) is 2.67. The van der Waals surface area contributed by atoms with Gasteiger partial charge in [-0.3, -0.25) is 0 Å². The number of benzene rings is 1. The van der Waals surface area contributed by atoms with Gasteiger partial charge in [0.1, 0.15) is 5.75 Å². The van der Waals surface area contributed by atoms with Crippen LogP contribution in [0.2, 0.25) is 0 Å². The zero-order valence-corrected chi connectivity index (χ0v) is 11.0. The van der Waals surface area contributed by atoms with Crippen molar-refractivity contribution in [3.8, 4) is 11.6 Å². The van der Waals surface area contributed by atoms with Crippen LogP contribution in [0, 0.1) is 0 Å². The predicted octanol–water partition coefficient (Wildman–Crippen LogP) is 2.82. The highest BCUT2D eigenvalue weighted by Gasteiger charge is 2.08. The highest BCUT2D eigenvalue weighted by atomic mass is 79.9. The summed E-state index contributed by atoms with van der Waals surface area (Å²) in [7, 11) is 1.29. The molecular formula is C12H9BrN2O3. The summed E-state index contributed by atoms with van der Waals surface area (Å²) in [5.41, 5.74) is 0.139. The number of halogens is 1. The number of hydrogen-bond acceptors (Lipinski definition) is 5. The van der Waals surface area contributed by atoms with Crippen molar-refractivity contribution in [1.82, 2.24) is 9.97 Å².